The van der Waals surface area contributed by atoms with Gasteiger partial charge < -0.3 is 10.4 Å². The first-order valence-electron chi connectivity index (χ1n) is 7.66. The van der Waals surface area contributed by atoms with Crippen LogP contribution < -0.4 is 5.32 Å². The summed E-state index contributed by atoms with van der Waals surface area (Å²) in [6.07, 6.45) is -5.17. The molecule has 0 unspecified atom stereocenters. The van der Waals surface area contributed by atoms with Gasteiger partial charge in [-0.1, -0.05) is 30.3 Å². The first-order valence-corrected chi connectivity index (χ1v) is 8.64. The van der Waals surface area contributed by atoms with Crippen molar-refractivity contribution in [2.45, 2.75) is 23.6 Å². The van der Waals surface area contributed by atoms with Gasteiger partial charge in [-0.05, 0) is 29.8 Å². The average molecular weight is 369 g/mol. The number of alkyl halides is 3. The topological polar surface area (TPSA) is 49.3 Å². The maximum atomic E-state index is 12.5. The monoisotopic (exact) mass is 369 g/mol. The summed E-state index contributed by atoms with van der Waals surface area (Å²) in [7, 11) is 0. The van der Waals surface area contributed by atoms with E-state index in [4.69, 9.17) is 0 Å². The molecule has 134 valence electrons. The third kappa shape index (κ3) is 6.43. The summed E-state index contributed by atoms with van der Waals surface area (Å²) >= 11 is 1.55. The van der Waals surface area contributed by atoms with E-state index < -0.39 is 17.8 Å². The Bertz CT molecular complexity index is 675. The van der Waals surface area contributed by atoms with Crippen LogP contribution >= 0.6 is 11.8 Å². The standard InChI is InChI=1S/C18H18F3NO2S/c19-18(20,21)14-8-6-13(7-9-14)16(23)12-22-17(24)10-11-25-15-4-2-1-3-5-15/h1-9,16,23H,10-12H2,(H,22,24)/t16-/m1/s1. The van der Waals surface area contributed by atoms with Gasteiger partial charge in [-0.15, -0.1) is 11.8 Å². The number of carbonyl (C=O) groups excluding carboxylic acids is 1. The molecule has 0 aliphatic rings. The summed E-state index contributed by atoms with van der Waals surface area (Å²) in [5.74, 6) is 0.390. The third-order valence-corrected chi connectivity index (χ3v) is 4.47. The molecule has 2 aromatic carbocycles. The van der Waals surface area contributed by atoms with Crippen molar-refractivity contribution in [2.24, 2.45) is 0 Å². The van der Waals surface area contributed by atoms with E-state index in [2.05, 4.69) is 5.32 Å². The van der Waals surface area contributed by atoms with Crippen molar-refractivity contribution >= 4 is 17.7 Å². The van der Waals surface area contributed by atoms with Crippen LogP contribution in [0.2, 0.25) is 0 Å². The van der Waals surface area contributed by atoms with Gasteiger partial charge in [0.2, 0.25) is 5.91 Å². The van der Waals surface area contributed by atoms with E-state index in [1.165, 1.54) is 12.1 Å². The van der Waals surface area contributed by atoms with Crippen LogP contribution in [0.1, 0.15) is 23.7 Å². The Labute approximate surface area is 148 Å². The molecule has 0 saturated heterocycles. The van der Waals surface area contributed by atoms with Crippen LogP contribution in [-0.2, 0) is 11.0 Å². The summed E-state index contributed by atoms with van der Waals surface area (Å²) in [6.45, 7) is -0.0415. The van der Waals surface area contributed by atoms with Crippen molar-refractivity contribution < 1.29 is 23.1 Å². The molecule has 0 heterocycles. The molecule has 0 spiro atoms. The smallest absolute Gasteiger partial charge is 0.387 e. The molecule has 0 saturated carbocycles. The summed E-state index contributed by atoms with van der Waals surface area (Å²) in [5, 5.41) is 12.6. The van der Waals surface area contributed by atoms with Gasteiger partial charge in [0.1, 0.15) is 0 Å². The maximum Gasteiger partial charge on any atom is 0.416 e. The number of rotatable bonds is 7. The number of hydrogen-bond acceptors (Lipinski definition) is 3. The number of halogens is 3. The Morgan fingerprint density at radius 3 is 2.32 bits per heavy atom. The minimum Gasteiger partial charge on any atom is -0.387 e. The number of benzene rings is 2. The van der Waals surface area contributed by atoms with E-state index in [1.54, 1.807) is 11.8 Å². The number of amides is 1. The maximum absolute atomic E-state index is 12.5. The molecule has 3 nitrogen and oxygen atoms in total. The van der Waals surface area contributed by atoms with Crippen molar-refractivity contribution in [1.29, 1.82) is 0 Å². The zero-order valence-corrected chi connectivity index (χ0v) is 14.1. The number of nitrogens with one attached hydrogen (secondary N) is 1. The van der Waals surface area contributed by atoms with Crippen LogP contribution in [0.5, 0.6) is 0 Å². The zero-order valence-electron chi connectivity index (χ0n) is 13.3. The minimum absolute atomic E-state index is 0.0415. The van der Waals surface area contributed by atoms with Crippen LogP contribution in [0.15, 0.2) is 59.5 Å². The Kier molecular flexibility index (Phi) is 6.90. The molecular formula is C18H18F3NO2S. The molecular weight excluding hydrogens is 351 g/mol. The fourth-order valence-corrected chi connectivity index (χ4v) is 2.96. The number of carbonyl (C=O) groups is 1. The molecule has 2 rings (SSSR count). The molecule has 1 atom stereocenters. The summed E-state index contributed by atoms with van der Waals surface area (Å²) < 4.78 is 37.5. The molecule has 0 radical (unpaired) electrons. The van der Waals surface area contributed by atoms with Crippen molar-refractivity contribution in [3.63, 3.8) is 0 Å². The molecule has 0 aliphatic heterocycles. The van der Waals surface area contributed by atoms with E-state index in [-0.39, 0.29) is 12.5 Å². The fourth-order valence-electron chi connectivity index (χ4n) is 2.09. The van der Waals surface area contributed by atoms with Crippen LogP contribution in [0.4, 0.5) is 13.2 Å². The number of aliphatic hydroxyl groups excluding tert-OH is 1. The van der Waals surface area contributed by atoms with E-state index in [9.17, 15) is 23.1 Å². The first-order chi connectivity index (χ1) is 11.9. The number of aliphatic hydroxyl groups is 1. The molecule has 1 amide bonds. The summed E-state index contributed by atoms with van der Waals surface area (Å²) in [4.78, 5) is 12.8. The molecule has 2 aromatic rings. The van der Waals surface area contributed by atoms with Crippen molar-refractivity contribution in [3.8, 4) is 0 Å². The molecule has 2 N–H and O–H groups in total. The highest BCUT2D eigenvalue weighted by molar-refractivity contribution is 7.99. The molecule has 0 bridgehead atoms. The Balaban J connectivity index is 1.73. The van der Waals surface area contributed by atoms with Gasteiger partial charge >= 0.3 is 6.18 Å². The Morgan fingerprint density at radius 2 is 1.72 bits per heavy atom. The Morgan fingerprint density at radius 1 is 1.08 bits per heavy atom. The average Bonchev–Trinajstić information content (AvgIpc) is 2.60. The molecule has 7 heteroatoms. The highest BCUT2D eigenvalue weighted by Gasteiger charge is 2.30. The lowest BCUT2D eigenvalue weighted by Crippen LogP contribution is -2.28. The lowest BCUT2D eigenvalue weighted by Gasteiger charge is -2.13. The van der Waals surface area contributed by atoms with Gasteiger partial charge in [-0.3, -0.25) is 4.79 Å². The first kappa shape index (κ1) is 19.3. The predicted molar refractivity (Wildman–Crippen MR) is 91.2 cm³/mol. The van der Waals surface area contributed by atoms with E-state index in [1.807, 2.05) is 30.3 Å². The third-order valence-electron chi connectivity index (χ3n) is 3.46. The minimum atomic E-state index is -4.41. The molecule has 25 heavy (non-hydrogen) atoms. The zero-order chi connectivity index (χ0) is 18.3. The second-order valence-corrected chi connectivity index (χ2v) is 6.52. The summed E-state index contributed by atoms with van der Waals surface area (Å²) in [5.41, 5.74) is -0.447. The number of thioether (sulfide) groups is 1. The molecule has 0 aliphatic carbocycles. The predicted octanol–water partition coefficient (Wildman–Crippen LogP) is 4.04. The second kappa shape index (κ2) is 8.92. The van der Waals surface area contributed by atoms with E-state index in [0.29, 0.717) is 17.7 Å². The van der Waals surface area contributed by atoms with Gasteiger partial charge in [0.25, 0.3) is 0 Å². The van der Waals surface area contributed by atoms with Crippen LogP contribution in [-0.4, -0.2) is 23.3 Å². The highest BCUT2D eigenvalue weighted by atomic mass is 32.2. The lowest BCUT2D eigenvalue weighted by molar-refractivity contribution is -0.137. The molecule has 0 fully saturated rings. The number of hydrogen-bond donors (Lipinski definition) is 2. The Hall–Kier alpha value is -1.99. The normalized spacial score (nSPS) is 12.6. The van der Waals surface area contributed by atoms with Crippen LogP contribution in [0.3, 0.4) is 0 Å². The quantitative estimate of drug-likeness (QED) is 0.725. The SMILES string of the molecule is O=C(CCSc1ccccc1)NC[C@@H](O)c1ccc(C(F)(F)F)cc1. The van der Waals surface area contributed by atoms with Crippen LogP contribution in [0.25, 0.3) is 0 Å². The van der Waals surface area contributed by atoms with Gasteiger partial charge in [-0.25, -0.2) is 0 Å². The van der Waals surface area contributed by atoms with Crippen LogP contribution in [0, 0.1) is 0 Å². The van der Waals surface area contributed by atoms with Gasteiger partial charge in [0.05, 0.1) is 11.7 Å². The van der Waals surface area contributed by atoms with Gasteiger partial charge in [0, 0.05) is 23.6 Å². The van der Waals surface area contributed by atoms with E-state index in [0.717, 1.165) is 17.0 Å². The van der Waals surface area contributed by atoms with Gasteiger partial charge in [0.15, 0.2) is 0 Å². The second-order valence-electron chi connectivity index (χ2n) is 5.35. The largest absolute Gasteiger partial charge is 0.416 e. The van der Waals surface area contributed by atoms with Crippen molar-refractivity contribution in [3.05, 3.63) is 65.7 Å². The lowest BCUT2D eigenvalue weighted by atomic mass is 10.1. The van der Waals surface area contributed by atoms with E-state index >= 15 is 0 Å². The van der Waals surface area contributed by atoms with Crippen molar-refractivity contribution in [1.82, 2.24) is 5.32 Å². The van der Waals surface area contributed by atoms with Crippen molar-refractivity contribution in [2.75, 3.05) is 12.3 Å². The highest BCUT2D eigenvalue weighted by Crippen LogP contribution is 2.29. The van der Waals surface area contributed by atoms with Gasteiger partial charge in [-0.2, -0.15) is 13.2 Å². The molecule has 0 aromatic heterocycles. The fraction of sp³-hybridized carbons (Fsp3) is 0.278. The summed E-state index contributed by atoms with van der Waals surface area (Å²) in [6, 6.07) is 13.9.